The number of H-pyrrole nitrogens is 1. The first-order valence-electron chi connectivity index (χ1n) is 8.17. The fourth-order valence-corrected chi connectivity index (χ4v) is 5.14. The Balaban J connectivity index is 1.48. The van der Waals surface area contributed by atoms with Crippen molar-refractivity contribution in [3.63, 3.8) is 0 Å². The smallest absolute Gasteiger partial charge is 0.229 e. The Kier molecular flexibility index (Phi) is 3.75. The third kappa shape index (κ3) is 2.99. The number of benzene rings is 1. The summed E-state index contributed by atoms with van der Waals surface area (Å²) in [5.41, 5.74) is 0.828. The first-order chi connectivity index (χ1) is 11.9. The maximum atomic E-state index is 12.4. The second kappa shape index (κ2) is 5.83. The monoisotopic (exact) mass is 362 g/mol. The number of aromatic amines is 1. The van der Waals surface area contributed by atoms with Gasteiger partial charge in [-0.2, -0.15) is 5.10 Å². The van der Waals surface area contributed by atoms with Crippen LogP contribution in [0.25, 0.3) is 10.9 Å². The Morgan fingerprint density at radius 3 is 2.88 bits per heavy atom. The Labute approximate surface area is 144 Å². The quantitative estimate of drug-likeness (QED) is 0.811. The molecule has 2 aromatic rings. The lowest BCUT2D eigenvalue weighted by atomic mass is 10.1. The molecule has 0 bridgehead atoms. The van der Waals surface area contributed by atoms with Gasteiger partial charge in [0.2, 0.25) is 11.8 Å². The summed E-state index contributed by atoms with van der Waals surface area (Å²) in [6.07, 6.45) is 0.537. The van der Waals surface area contributed by atoms with E-state index in [0.717, 1.165) is 10.9 Å². The molecule has 2 aliphatic rings. The highest BCUT2D eigenvalue weighted by Gasteiger charge is 2.38. The molecule has 3 heterocycles. The summed E-state index contributed by atoms with van der Waals surface area (Å²) in [6, 6.07) is 7.14. The number of aromatic nitrogens is 2. The highest BCUT2D eigenvalue weighted by Crippen LogP contribution is 2.29. The zero-order valence-corrected chi connectivity index (χ0v) is 14.3. The van der Waals surface area contributed by atoms with Crippen LogP contribution in [0.3, 0.4) is 0 Å². The number of rotatable bonds is 3. The molecule has 0 spiro atoms. The molecule has 2 N–H and O–H groups in total. The summed E-state index contributed by atoms with van der Waals surface area (Å²) in [6.45, 7) is 0.249. The van der Waals surface area contributed by atoms with Crippen LogP contribution in [-0.4, -0.2) is 54.5 Å². The predicted octanol–water partition coefficient (Wildman–Crippen LogP) is 0.219. The number of carbonyl (C=O) groups excluding carboxylic acids is 2. The van der Waals surface area contributed by atoms with Crippen LogP contribution in [0.15, 0.2) is 24.3 Å². The molecule has 1 aromatic heterocycles. The average Bonchev–Trinajstić information content (AvgIpc) is 3.24. The van der Waals surface area contributed by atoms with Gasteiger partial charge in [-0.1, -0.05) is 12.1 Å². The number of para-hydroxylation sites is 1. The van der Waals surface area contributed by atoms with E-state index >= 15 is 0 Å². The molecule has 0 saturated carbocycles. The molecular weight excluding hydrogens is 344 g/mol. The second-order valence-corrected chi connectivity index (χ2v) is 8.84. The maximum Gasteiger partial charge on any atom is 0.229 e. The van der Waals surface area contributed by atoms with E-state index in [1.807, 2.05) is 24.3 Å². The van der Waals surface area contributed by atoms with Crippen LogP contribution in [0.4, 0.5) is 5.82 Å². The van der Waals surface area contributed by atoms with Gasteiger partial charge >= 0.3 is 0 Å². The summed E-state index contributed by atoms with van der Waals surface area (Å²) < 4.78 is 23.0. The summed E-state index contributed by atoms with van der Waals surface area (Å²) in [5, 5.41) is 10.7. The standard InChI is InChI=1S/C16H18N4O4S/c21-14-7-10(16(22)17-11-5-6-25(23,24)9-11)8-20(14)15-12-3-1-2-4-13(12)18-19-15/h1-4,10-11H,5-9H2,(H,17,22)(H,18,19)/t10-,11-/m1/s1. The van der Waals surface area contributed by atoms with Gasteiger partial charge in [0, 0.05) is 24.4 Å². The van der Waals surface area contributed by atoms with Crippen molar-refractivity contribution in [2.24, 2.45) is 5.92 Å². The number of anilines is 1. The van der Waals surface area contributed by atoms with Crippen LogP contribution in [0, 0.1) is 5.92 Å². The van der Waals surface area contributed by atoms with Gasteiger partial charge in [0.25, 0.3) is 0 Å². The lowest BCUT2D eigenvalue weighted by molar-refractivity contribution is -0.126. The van der Waals surface area contributed by atoms with E-state index in [-0.39, 0.29) is 42.3 Å². The minimum Gasteiger partial charge on any atom is -0.352 e. The molecular formula is C16H18N4O4S. The lowest BCUT2D eigenvalue weighted by Gasteiger charge is -2.16. The van der Waals surface area contributed by atoms with Gasteiger partial charge in [-0.3, -0.25) is 19.6 Å². The number of fused-ring (bicyclic) bond motifs is 1. The van der Waals surface area contributed by atoms with Crippen molar-refractivity contribution in [2.75, 3.05) is 23.0 Å². The molecule has 0 aliphatic carbocycles. The third-order valence-electron chi connectivity index (χ3n) is 4.78. The average molecular weight is 362 g/mol. The fraction of sp³-hybridized carbons (Fsp3) is 0.438. The summed E-state index contributed by atoms with van der Waals surface area (Å²) in [5.74, 6) is -0.306. The third-order valence-corrected chi connectivity index (χ3v) is 6.55. The van der Waals surface area contributed by atoms with E-state index in [2.05, 4.69) is 15.5 Å². The number of carbonyl (C=O) groups is 2. The summed E-state index contributed by atoms with van der Waals surface area (Å²) in [4.78, 5) is 26.3. The number of hydrogen-bond acceptors (Lipinski definition) is 5. The summed E-state index contributed by atoms with van der Waals surface area (Å²) in [7, 11) is -3.05. The first-order valence-corrected chi connectivity index (χ1v) is 9.99. The van der Waals surface area contributed by atoms with Gasteiger partial charge in [-0.05, 0) is 18.6 Å². The molecule has 1 aromatic carbocycles. The number of sulfone groups is 1. The van der Waals surface area contributed by atoms with Crippen molar-refractivity contribution in [2.45, 2.75) is 18.9 Å². The van der Waals surface area contributed by atoms with Gasteiger partial charge in [0.15, 0.2) is 15.7 Å². The van der Waals surface area contributed by atoms with E-state index in [9.17, 15) is 18.0 Å². The van der Waals surface area contributed by atoms with Crippen LogP contribution in [0.5, 0.6) is 0 Å². The Hall–Kier alpha value is -2.42. The normalized spacial score (nSPS) is 25.6. The van der Waals surface area contributed by atoms with Gasteiger partial charge in [0.05, 0.1) is 22.9 Å². The molecule has 4 rings (SSSR count). The van der Waals surface area contributed by atoms with Crippen molar-refractivity contribution in [3.8, 4) is 0 Å². The molecule has 9 heteroatoms. The largest absolute Gasteiger partial charge is 0.352 e. The van der Waals surface area contributed by atoms with Crippen molar-refractivity contribution >= 4 is 38.4 Å². The second-order valence-electron chi connectivity index (χ2n) is 6.61. The van der Waals surface area contributed by atoms with Gasteiger partial charge in [-0.25, -0.2) is 8.42 Å². The topological polar surface area (TPSA) is 112 Å². The molecule has 0 unspecified atom stereocenters. The molecule has 0 radical (unpaired) electrons. The molecule has 2 saturated heterocycles. The Bertz CT molecular complexity index is 952. The van der Waals surface area contributed by atoms with Crippen molar-refractivity contribution in [1.82, 2.24) is 15.5 Å². The fourth-order valence-electron chi connectivity index (χ4n) is 3.47. The van der Waals surface area contributed by atoms with Gasteiger partial charge in [0.1, 0.15) is 0 Å². The highest BCUT2D eigenvalue weighted by atomic mass is 32.2. The molecule has 2 fully saturated rings. The molecule has 25 heavy (non-hydrogen) atoms. The molecule has 2 atom stereocenters. The van der Waals surface area contributed by atoms with Crippen molar-refractivity contribution in [3.05, 3.63) is 24.3 Å². The van der Waals surface area contributed by atoms with Crippen LogP contribution >= 0.6 is 0 Å². The van der Waals surface area contributed by atoms with Crippen LogP contribution in [0.1, 0.15) is 12.8 Å². The minimum atomic E-state index is -3.05. The van der Waals surface area contributed by atoms with E-state index in [1.54, 1.807) is 0 Å². The number of nitrogens with one attached hydrogen (secondary N) is 2. The van der Waals surface area contributed by atoms with Crippen molar-refractivity contribution < 1.29 is 18.0 Å². The van der Waals surface area contributed by atoms with E-state index in [1.165, 1.54) is 4.90 Å². The van der Waals surface area contributed by atoms with Gasteiger partial charge < -0.3 is 5.32 Å². The zero-order valence-electron chi connectivity index (χ0n) is 13.4. The lowest BCUT2D eigenvalue weighted by Crippen LogP contribution is -2.40. The Morgan fingerprint density at radius 2 is 2.12 bits per heavy atom. The molecule has 132 valence electrons. The SMILES string of the molecule is O=C(N[C@@H]1CCS(=O)(=O)C1)[C@@H]1CC(=O)N(c2n[nH]c3ccccc23)C1. The number of hydrogen-bond donors (Lipinski definition) is 2. The predicted molar refractivity (Wildman–Crippen MR) is 91.8 cm³/mol. The molecule has 8 nitrogen and oxygen atoms in total. The molecule has 2 aliphatic heterocycles. The van der Waals surface area contributed by atoms with E-state index in [0.29, 0.717) is 12.2 Å². The number of amides is 2. The first kappa shape index (κ1) is 16.1. The van der Waals surface area contributed by atoms with Crippen molar-refractivity contribution in [1.29, 1.82) is 0 Å². The zero-order chi connectivity index (χ0) is 17.6. The minimum absolute atomic E-state index is 0.0207. The number of nitrogens with zero attached hydrogens (tertiary/aromatic N) is 2. The summed E-state index contributed by atoms with van der Waals surface area (Å²) >= 11 is 0. The maximum absolute atomic E-state index is 12.4. The van der Waals surface area contributed by atoms with E-state index < -0.39 is 15.8 Å². The van der Waals surface area contributed by atoms with E-state index in [4.69, 9.17) is 0 Å². The van der Waals surface area contributed by atoms with Gasteiger partial charge in [-0.15, -0.1) is 0 Å². The van der Waals surface area contributed by atoms with Crippen LogP contribution in [0.2, 0.25) is 0 Å². The molecule has 2 amide bonds. The van der Waals surface area contributed by atoms with Crippen LogP contribution < -0.4 is 10.2 Å². The highest BCUT2D eigenvalue weighted by molar-refractivity contribution is 7.91. The van der Waals surface area contributed by atoms with Crippen LogP contribution in [-0.2, 0) is 19.4 Å². The Morgan fingerprint density at radius 1 is 1.32 bits per heavy atom.